The van der Waals surface area contributed by atoms with Crippen LogP contribution in [0.3, 0.4) is 0 Å². The van der Waals surface area contributed by atoms with E-state index in [4.69, 9.17) is 0 Å². The number of carbonyl (C=O) groups excluding carboxylic acids is 2. The summed E-state index contributed by atoms with van der Waals surface area (Å²) < 4.78 is 0. The normalized spacial score (nSPS) is 16.1. The van der Waals surface area contributed by atoms with Crippen LogP contribution in [-0.2, 0) is 4.79 Å². The van der Waals surface area contributed by atoms with Crippen LogP contribution in [0.2, 0.25) is 0 Å². The van der Waals surface area contributed by atoms with Gasteiger partial charge in [0.05, 0.1) is 12.6 Å². The molecule has 1 aliphatic rings. The van der Waals surface area contributed by atoms with Gasteiger partial charge in [-0.1, -0.05) is 36.4 Å². The first-order valence-corrected chi connectivity index (χ1v) is 10.5. The Hall–Kier alpha value is -2.70. The lowest BCUT2D eigenvalue weighted by Gasteiger charge is -2.35. The van der Waals surface area contributed by atoms with Gasteiger partial charge in [0.25, 0.3) is 5.91 Å². The van der Waals surface area contributed by atoms with Gasteiger partial charge in [0.2, 0.25) is 5.91 Å². The fourth-order valence-electron chi connectivity index (χ4n) is 3.60. The third-order valence-corrected chi connectivity index (χ3v) is 5.75. The molecule has 6 nitrogen and oxygen atoms in total. The predicted octanol–water partition coefficient (Wildman–Crippen LogP) is 2.14. The SMILES string of the molecule is Cc1ccc(C(=O)NCC(=O)NC(CN2CCN(C)CC2)c2ccccc2)cc1C. The van der Waals surface area contributed by atoms with E-state index in [0.717, 1.165) is 49.4 Å². The molecule has 6 heteroatoms. The number of carbonyl (C=O) groups is 2. The van der Waals surface area contributed by atoms with Crippen molar-refractivity contribution < 1.29 is 9.59 Å². The lowest BCUT2D eigenvalue weighted by atomic mass is 10.1. The molecular weight excluding hydrogens is 376 g/mol. The van der Waals surface area contributed by atoms with Crippen molar-refractivity contribution in [3.8, 4) is 0 Å². The van der Waals surface area contributed by atoms with Crippen molar-refractivity contribution in [3.63, 3.8) is 0 Å². The molecule has 30 heavy (non-hydrogen) atoms. The number of benzene rings is 2. The van der Waals surface area contributed by atoms with E-state index >= 15 is 0 Å². The number of aryl methyl sites for hydroxylation is 2. The number of rotatable bonds is 7. The Balaban J connectivity index is 1.58. The number of amides is 2. The Kier molecular flexibility index (Phi) is 7.60. The van der Waals surface area contributed by atoms with E-state index in [1.165, 1.54) is 0 Å². The first-order chi connectivity index (χ1) is 14.4. The Labute approximate surface area is 179 Å². The lowest BCUT2D eigenvalue weighted by Crippen LogP contribution is -2.48. The van der Waals surface area contributed by atoms with Crippen LogP contribution in [0.25, 0.3) is 0 Å². The Morgan fingerprint density at radius 3 is 2.33 bits per heavy atom. The summed E-state index contributed by atoms with van der Waals surface area (Å²) in [7, 11) is 2.13. The molecule has 0 radical (unpaired) electrons. The fraction of sp³-hybridized carbons (Fsp3) is 0.417. The summed E-state index contributed by atoms with van der Waals surface area (Å²) in [6, 6.07) is 15.5. The third kappa shape index (κ3) is 6.15. The van der Waals surface area contributed by atoms with Crippen LogP contribution in [-0.4, -0.2) is 67.9 Å². The second-order valence-corrected chi connectivity index (χ2v) is 8.12. The average Bonchev–Trinajstić information content (AvgIpc) is 2.75. The molecule has 2 aromatic rings. The standard InChI is InChI=1S/C24H32N4O2/c1-18-9-10-21(15-19(18)2)24(30)25-16-23(29)26-22(20-7-5-4-6-8-20)17-28-13-11-27(3)12-14-28/h4-10,15,22H,11-14,16-17H2,1-3H3,(H,25,30)(H,26,29). The van der Waals surface area contributed by atoms with Gasteiger partial charge in [-0.3, -0.25) is 14.5 Å². The van der Waals surface area contributed by atoms with Gasteiger partial charge in [0.1, 0.15) is 0 Å². The molecule has 1 atom stereocenters. The summed E-state index contributed by atoms with van der Waals surface area (Å²) in [5.74, 6) is -0.418. The summed E-state index contributed by atoms with van der Waals surface area (Å²) in [4.78, 5) is 29.7. The number of nitrogens with one attached hydrogen (secondary N) is 2. The summed E-state index contributed by atoms with van der Waals surface area (Å²) in [5.41, 5.74) is 3.84. The van der Waals surface area contributed by atoms with Crippen LogP contribution in [0.4, 0.5) is 0 Å². The van der Waals surface area contributed by atoms with Gasteiger partial charge in [-0.2, -0.15) is 0 Å². The van der Waals surface area contributed by atoms with Crippen molar-refractivity contribution in [1.82, 2.24) is 20.4 Å². The van der Waals surface area contributed by atoms with E-state index in [2.05, 4.69) is 27.5 Å². The van der Waals surface area contributed by atoms with E-state index < -0.39 is 0 Å². The molecule has 160 valence electrons. The molecule has 0 saturated carbocycles. The van der Waals surface area contributed by atoms with E-state index in [1.54, 1.807) is 6.07 Å². The molecule has 0 spiro atoms. The van der Waals surface area contributed by atoms with Gasteiger partial charge < -0.3 is 15.5 Å². The second kappa shape index (κ2) is 10.4. The first-order valence-electron chi connectivity index (χ1n) is 10.5. The van der Waals surface area contributed by atoms with Crippen molar-refractivity contribution in [2.75, 3.05) is 46.3 Å². The van der Waals surface area contributed by atoms with E-state index in [9.17, 15) is 9.59 Å². The van der Waals surface area contributed by atoms with Gasteiger partial charge >= 0.3 is 0 Å². The smallest absolute Gasteiger partial charge is 0.251 e. The molecule has 2 amide bonds. The zero-order valence-electron chi connectivity index (χ0n) is 18.1. The minimum absolute atomic E-state index is 0.0438. The highest BCUT2D eigenvalue weighted by Gasteiger charge is 2.21. The molecule has 2 aromatic carbocycles. The molecule has 0 aliphatic carbocycles. The van der Waals surface area contributed by atoms with Crippen LogP contribution >= 0.6 is 0 Å². The molecular formula is C24H32N4O2. The maximum atomic E-state index is 12.6. The minimum atomic E-state index is -0.233. The van der Waals surface area contributed by atoms with Crippen LogP contribution in [0, 0.1) is 13.8 Å². The van der Waals surface area contributed by atoms with Gasteiger partial charge in [0, 0.05) is 38.3 Å². The van der Waals surface area contributed by atoms with Gasteiger partial charge in [0.15, 0.2) is 0 Å². The molecule has 1 unspecified atom stereocenters. The number of likely N-dealkylation sites (N-methyl/N-ethyl adjacent to an activating group) is 1. The van der Waals surface area contributed by atoms with Crippen LogP contribution in [0.1, 0.15) is 33.1 Å². The highest BCUT2D eigenvalue weighted by Crippen LogP contribution is 2.15. The molecule has 2 N–H and O–H groups in total. The van der Waals surface area contributed by atoms with Crippen LogP contribution in [0.5, 0.6) is 0 Å². The summed E-state index contributed by atoms with van der Waals surface area (Å²) in [6.07, 6.45) is 0. The molecule has 1 saturated heterocycles. The third-order valence-electron chi connectivity index (χ3n) is 5.75. The summed E-state index contributed by atoms with van der Waals surface area (Å²) in [6.45, 7) is 8.73. The van der Waals surface area contributed by atoms with Crippen LogP contribution < -0.4 is 10.6 Å². The van der Waals surface area contributed by atoms with E-state index in [-0.39, 0.29) is 24.4 Å². The van der Waals surface area contributed by atoms with Crippen molar-refractivity contribution in [1.29, 1.82) is 0 Å². The van der Waals surface area contributed by atoms with Crippen molar-refractivity contribution in [2.24, 2.45) is 0 Å². The molecule has 1 fully saturated rings. The number of piperazine rings is 1. The highest BCUT2D eigenvalue weighted by atomic mass is 16.2. The molecule has 1 aliphatic heterocycles. The summed E-state index contributed by atoms with van der Waals surface area (Å²) in [5, 5.41) is 5.85. The van der Waals surface area contributed by atoms with Crippen molar-refractivity contribution in [2.45, 2.75) is 19.9 Å². The average molecular weight is 409 g/mol. The first kappa shape index (κ1) is 22.0. The van der Waals surface area contributed by atoms with Gasteiger partial charge in [-0.15, -0.1) is 0 Å². The Morgan fingerprint density at radius 2 is 1.67 bits per heavy atom. The molecule has 0 aromatic heterocycles. The largest absolute Gasteiger partial charge is 0.346 e. The Bertz CT molecular complexity index is 861. The van der Waals surface area contributed by atoms with E-state index in [1.807, 2.05) is 56.3 Å². The minimum Gasteiger partial charge on any atom is -0.346 e. The molecule has 3 rings (SSSR count). The predicted molar refractivity (Wildman–Crippen MR) is 120 cm³/mol. The quantitative estimate of drug-likeness (QED) is 0.737. The molecule has 1 heterocycles. The number of nitrogens with zero attached hydrogens (tertiary/aromatic N) is 2. The van der Waals surface area contributed by atoms with Crippen molar-refractivity contribution in [3.05, 3.63) is 70.8 Å². The summed E-state index contributed by atoms with van der Waals surface area (Å²) >= 11 is 0. The molecule has 0 bridgehead atoms. The lowest BCUT2D eigenvalue weighted by molar-refractivity contribution is -0.121. The topological polar surface area (TPSA) is 64.7 Å². The number of hydrogen-bond acceptors (Lipinski definition) is 4. The maximum Gasteiger partial charge on any atom is 0.251 e. The zero-order chi connectivity index (χ0) is 21.5. The van der Waals surface area contributed by atoms with Gasteiger partial charge in [-0.05, 0) is 49.7 Å². The van der Waals surface area contributed by atoms with Crippen molar-refractivity contribution >= 4 is 11.8 Å². The fourth-order valence-corrected chi connectivity index (χ4v) is 3.60. The monoisotopic (exact) mass is 408 g/mol. The van der Waals surface area contributed by atoms with E-state index in [0.29, 0.717) is 5.56 Å². The highest BCUT2D eigenvalue weighted by molar-refractivity contribution is 5.96. The maximum absolute atomic E-state index is 12.6. The second-order valence-electron chi connectivity index (χ2n) is 8.12. The zero-order valence-corrected chi connectivity index (χ0v) is 18.1. The number of hydrogen-bond donors (Lipinski definition) is 2. The van der Waals surface area contributed by atoms with Crippen LogP contribution in [0.15, 0.2) is 48.5 Å². The Morgan fingerprint density at radius 1 is 0.967 bits per heavy atom. The van der Waals surface area contributed by atoms with Gasteiger partial charge in [-0.25, -0.2) is 0 Å².